The second-order valence-electron chi connectivity index (χ2n) is 5.78. The molecule has 1 saturated carbocycles. The molecule has 5 heteroatoms. The van der Waals surface area contributed by atoms with E-state index in [2.05, 4.69) is 0 Å². The van der Waals surface area contributed by atoms with Crippen molar-refractivity contribution in [1.29, 1.82) is 0 Å². The van der Waals surface area contributed by atoms with Crippen molar-refractivity contribution in [3.63, 3.8) is 0 Å². The molecule has 0 bridgehead atoms. The molecule has 1 saturated heterocycles. The van der Waals surface area contributed by atoms with Gasteiger partial charge in [-0.15, -0.1) is 0 Å². The maximum atomic E-state index is 12.3. The molecular formula is C14H22N2O3. The summed E-state index contributed by atoms with van der Waals surface area (Å²) in [5, 5.41) is 10.3. The monoisotopic (exact) mass is 266 g/mol. The average molecular weight is 266 g/mol. The van der Waals surface area contributed by atoms with Gasteiger partial charge in [0.25, 0.3) is 0 Å². The van der Waals surface area contributed by atoms with Crippen molar-refractivity contribution in [3.8, 4) is 0 Å². The lowest BCUT2D eigenvalue weighted by Crippen LogP contribution is -2.52. The van der Waals surface area contributed by atoms with Crippen LogP contribution in [0.15, 0.2) is 11.1 Å². The molecule has 0 spiro atoms. The van der Waals surface area contributed by atoms with E-state index in [1.54, 1.807) is 4.90 Å². The number of hydrogen-bond acceptors (Lipinski definition) is 3. The third-order valence-electron chi connectivity index (χ3n) is 4.15. The predicted molar refractivity (Wildman–Crippen MR) is 71.1 cm³/mol. The second kappa shape index (κ2) is 5.33. The fraction of sp³-hybridized carbons (Fsp3) is 0.714. The van der Waals surface area contributed by atoms with E-state index in [1.807, 2.05) is 6.92 Å². The molecule has 0 aromatic carbocycles. The molecule has 1 heterocycles. The van der Waals surface area contributed by atoms with Crippen molar-refractivity contribution in [3.05, 3.63) is 11.1 Å². The first kappa shape index (κ1) is 14.1. The van der Waals surface area contributed by atoms with E-state index in [1.165, 1.54) is 5.57 Å². The first-order chi connectivity index (χ1) is 8.91. The van der Waals surface area contributed by atoms with Crippen LogP contribution in [0.25, 0.3) is 0 Å². The molecule has 1 unspecified atom stereocenters. The second-order valence-corrected chi connectivity index (χ2v) is 5.78. The Bertz CT molecular complexity index is 424. The fourth-order valence-corrected chi connectivity index (χ4v) is 2.87. The average Bonchev–Trinajstić information content (AvgIpc) is 2.23. The maximum absolute atomic E-state index is 12.3. The topological polar surface area (TPSA) is 83.6 Å². The number of carbonyl (C=O) groups excluding carboxylic acids is 2. The Hall–Kier alpha value is -1.36. The van der Waals surface area contributed by atoms with Gasteiger partial charge in [0.1, 0.15) is 0 Å². The first-order valence-corrected chi connectivity index (χ1v) is 6.90. The molecule has 2 amide bonds. The number of piperidine rings is 1. The van der Waals surface area contributed by atoms with Gasteiger partial charge in [-0.3, -0.25) is 9.59 Å². The molecule has 5 nitrogen and oxygen atoms in total. The fourth-order valence-electron chi connectivity index (χ4n) is 2.87. The molecule has 1 aliphatic carbocycles. The van der Waals surface area contributed by atoms with E-state index in [9.17, 15) is 14.7 Å². The molecule has 3 N–H and O–H groups in total. The molecular weight excluding hydrogens is 244 g/mol. The normalized spacial score (nSPS) is 26.8. The van der Waals surface area contributed by atoms with Crippen LogP contribution in [0.5, 0.6) is 0 Å². The molecule has 0 aromatic heterocycles. The number of allylic oxidation sites excluding steroid dienone is 1. The highest BCUT2D eigenvalue weighted by atomic mass is 16.3. The van der Waals surface area contributed by atoms with E-state index in [-0.39, 0.29) is 18.9 Å². The van der Waals surface area contributed by atoms with Gasteiger partial charge in [0.2, 0.25) is 11.8 Å². The van der Waals surface area contributed by atoms with Gasteiger partial charge in [0.05, 0.1) is 18.6 Å². The highest BCUT2D eigenvalue weighted by Gasteiger charge is 2.37. The Labute approximate surface area is 113 Å². The summed E-state index contributed by atoms with van der Waals surface area (Å²) in [5.41, 5.74) is 6.05. The zero-order valence-corrected chi connectivity index (χ0v) is 11.4. The molecule has 0 aromatic rings. The summed E-state index contributed by atoms with van der Waals surface area (Å²) < 4.78 is 0. The van der Waals surface area contributed by atoms with E-state index < -0.39 is 11.5 Å². The Morgan fingerprint density at radius 1 is 1.37 bits per heavy atom. The number of nitrogens with zero attached hydrogens (tertiary/aromatic N) is 1. The number of rotatable bonds is 3. The van der Waals surface area contributed by atoms with Crippen LogP contribution in [0.3, 0.4) is 0 Å². The summed E-state index contributed by atoms with van der Waals surface area (Å²) in [6.07, 6.45) is 4.33. The highest BCUT2D eigenvalue weighted by Crippen LogP contribution is 2.31. The van der Waals surface area contributed by atoms with E-state index >= 15 is 0 Å². The Morgan fingerprint density at radius 2 is 2.05 bits per heavy atom. The Balaban J connectivity index is 2.04. The highest BCUT2D eigenvalue weighted by molar-refractivity contribution is 5.94. The molecule has 106 valence electrons. The Morgan fingerprint density at radius 3 is 2.58 bits per heavy atom. The molecule has 1 atom stereocenters. The molecule has 2 rings (SSSR count). The standard InChI is InChI=1S/C14H22N2O3/c1-10(11-4-2-5-11)13(18)16-7-3-6-14(19,9-16)8-12(15)17/h19H,2-9H2,1H3,(H2,15,17). The lowest BCUT2D eigenvalue weighted by atomic mass is 9.86. The number of primary amides is 1. The minimum absolute atomic E-state index is 0.00250. The van der Waals surface area contributed by atoms with Gasteiger partial charge in [-0.05, 0) is 39.0 Å². The smallest absolute Gasteiger partial charge is 0.249 e. The summed E-state index contributed by atoms with van der Waals surface area (Å²) in [7, 11) is 0. The van der Waals surface area contributed by atoms with Crippen LogP contribution in [0, 0.1) is 0 Å². The number of nitrogens with two attached hydrogens (primary N) is 1. The van der Waals surface area contributed by atoms with Crippen molar-refractivity contribution >= 4 is 11.8 Å². The van der Waals surface area contributed by atoms with Gasteiger partial charge in [-0.25, -0.2) is 0 Å². The third-order valence-corrected chi connectivity index (χ3v) is 4.15. The van der Waals surface area contributed by atoms with Gasteiger partial charge in [0, 0.05) is 12.1 Å². The summed E-state index contributed by atoms with van der Waals surface area (Å²) in [5.74, 6) is -0.525. The molecule has 1 aliphatic heterocycles. The van der Waals surface area contributed by atoms with Crippen LogP contribution in [0.4, 0.5) is 0 Å². The van der Waals surface area contributed by atoms with Gasteiger partial charge >= 0.3 is 0 Å². The lowest BCUT2D eigenvalue weighted by Gasteiger charge is -2.39. The SMILES string of the molecule is CC(C(=O)N1CCCC(O)(CC(N)=O)C1)=C1CCC1. The van der Waals surface area contributed by atoms with Gasteiger partial charge in [0.15, 0.2) is 0 Å². The van der Waals surface area contributed by atoms with Crippen LogP contribution in [0.2, 0.25) is 0 Å². The van der Waals surface area contributed by atoms with Crippen LogP contribution in [-0.2, 0) is 9.59 Å². The van der Waals surface area contributed by atoms with Crippen LogP contribution in [-0.4, -0.2) is 40.5 Å². The summed E-state index contributed by atoms with van der Waals surface area (Å²) in [4.78, 5) is 25.0. The Kier molecular flexibility index (Phi) is 3.94. The maximum Gasteiger partial charge on any atom is 0.249 e. The number of aliphatic hydroxyl groups is 1. The van der Waals surface area contributed by atoms with E-state index in [0.29, 0.717) is 19.4 Å². The van der Waals surface area contributed by atoms with Crippen LogP contribution in [0.1, 0.15) is 45.4 Å². The summed E-state index contributed by atoms with van der Waals surface area (Å²) >= 11 is 0. The summed E-state index contributed by atoms with van der Waals surface area (Å²) in [6, 6.07) is 0. The predicted octanol–water partition coefficient (Wildman–Crippen LogP) is 0.716. The van der Waals surface area contributed by atoms with E-state index in [0.717, 1.165) is 24.8 Å². The molecule has 2 fully saturated rings. The van der Waals surface area contributed by atoms with Gasteiger partial charge in [-0.2, -0.15) is 0 Å². The summed E-state index contributed by atoms with van der Waals surface area (Å²) in [6.45, 7) is 2.71. The third kappa shape index (κ3) is 3.15. The zero-order chi connectivity index (χ0) is 14.0. The molecule has 2 aliphatic rings. The van der Waals surface area contributed by atoms with Crippen molar-refractivity contribution in [1.82, 2.24) is 4.90 Å². The van der Waals surface area contributed by atoms with Crippen molar-refractivity contribution < 1.29 is 14.7 Å². The van der Waals surface area contributed by atoms with Crippen molar-refractivity contribution in [2.24, 2.45) is 5.73 Å². The van der Waals surface area contributed by atoms with Crippen molar-refractivity contribution in [2.75, 3.05) is 13.1 Å². The molecule has 19 heavy (non-hydrogen) atoms. The number of β-amino-alcohol motifs (C(OH)–C–C–N with tert-alkyl or cyclic N) is 1. The van der Waals surface area contributed by atoms with Gasteiger partial charge in [-0.1, -0.05) is 5.57 Å². The quantitative estimate of drug-likeness (QED) is 0.738. The zero-order valence-electron chi connectivity index (χ0n) is 11.4. The number of amides is 2. The molecule has 0 radical (unpaired) electrons. The largest absolute Gasteiger partial charge is 0.388 e. The van der Waals surface area contributed by atoms with E-state index in [4.69, 9.17) is 5.73 Å². The first-order valence-electron chi connectivity index (χ1n) is 6.90. The van der Waals surface area contributed by atoms with Crippen LogP contribution < -0.4 is 5.73 Å². The number of hydrogen-bond donors (Lipinski definition) is 2. The number of likely N-dealkylation sites (tertiary alicyclic amines) is 1. The van der Waals surface area contributed by atoms with Crippen LogP contribution >= 0.6 is 0 Å². The van der Waals surface area contributed by atoms with Gasteiger partial charge < -0.3 is 15.7 Å². The minimum Gasteiger partial charge on any atom is -0.388 e. The minimum atomic E-state index is -1.15. The van der Waals surface area contributed by atoms with Crippen molar-refractivity contribution in [2.45, 2.75) is 51.0 Å². The number of carbonyl (C=O) groups is 2. The lowest BCUT2D eigenvalue weighted by molar-refractivity contribution is -0.138.